The number of benzene rings is 1. The number of nitrogens with zero attached hydrogens (tertiary/aromatic N) is 4. The molecule has 1 fully saturated rings. The number of aryl methyl sites for hydroxylation is 1. The molecular weight excluding hydrogens is 324 g/mol. The zero-order chi connectivity index (χ0) is 17.1. The summed E-state index contributed by atoms with van der Waals surface area (Å²) in [6, 6.07) is 3.81. The molecule has 0 N–H and O–H groups in total. The predicted molar refractivity (Wildman–Crippen MR) is 96.1 cm³/mol. The largest absolute Gasteiger partial charge is 0.493 e. The average Bonchev–Trinajstić information content (AvgIpc) is 3.33. The van der Waals surface area contributed by atoms with E-state index in [4.69, 9.17) is 9.47 Å². The van der Waals surface area contributed by atoms with E-state index < -0.39 is 0 Å². The zero-order valence-corrected chi connectivity index (χ0v) is 15.3. The maximum atomic E-state index is 5.90. The van der Waals surface area contributed by atoms with E-state index in [1.165, 1.54) is 24.2 Å². The number of aromatic nitrogens is 2. The van der Waals surface area contributed by atoms with Gasteiger partial charge < -0.3 is 14.4 Å². The van der Waals surface area contributed by atoms with Crippen LogP contribution in [0.5, 0.6) is 16.7 Å². The van der Waals surface area contributed by atoms with Gasteiger partial charge in [0.2, 0.25) is 0 Å². The minimum Gasteiger partial charge on any atom is -0.493 e. The van der Waals surface area contributed by atoms with Crippen molar-refractivity contribution in [3.8, 4) is 16.7 Å². The van der Waals surface area contributed by atoms with Crippen LogP contribution in [0.4, 0.5) is 5.69 Å². The summed E-state index contributed by atoms with van der Waals surface area (Å²) in [7, 11) is 3.61. The number of hydrogen-bond donors (Lipinski definition) is 0. The first-order valence-electron chi connectivity index (χ1n) is 8.05. The molecule has 1 aliphatic carbocycles. The van der Waals surface area contributed by atoms with Crippen LogP contribution in [-0.4, -0.2) is 42.1 Å². The molecule has 24 heavy (non-hydrogen) atoms. The number of rotatable bonds is 7. The van der Waals surface area contributed by atoms with Gasteiger partial charge >= 0.3 is 0 Å². The minimum atomic E-state index is 0.552. The SMILES string of the molecule is CCN(C)C=Nc1cc(OC)c(Oc2nnc(C3CC3)s2)cc1C. The molecule has 128 valence electrons. The van der Waals surface area contributed by atoms with Crippen LogP contribution in [0, 0.1) is 6.92 Å². The van der Waals surface area contributed by atoms with Crippen molar-refractivity contribution in [2.45, 2.75) is 32.6 Å². The maximum Gasteiger partial charge on any atom is 0.299 e. The van der Waals surface area contributed by atoms with Gasteiger partial charge in [0.1, 0.15) is 5.01 Å². The van der Waals surface area contributed by atoms with Gasteiger partial charge in [0.15, 0.2) is 11.5 Å². The molecule has 1 aromatic carbocycles. The lowest BCUT2D eigenvalue weighted by Crippen LogP contribution is -2.14. The van der Waals surface area contributed by atoms with Crippen molar-refractivity contribution in [2.24, 2.45) is 4.99 Å². The normalized spacial score (nSPS) is 14.2. The summed E-state index contributed by atoms with van der Waals surface area (Å²) in [5.41, 5.74) is 1.87. The lowest BCUT2D eigenvalue weighted by atomic mass is 10.2. The van der Waals surface area contributed by atoms with Gasteiger partial charge in [-0.1, -0.05) is 16.4 Å². The Bertz CT molecular complexity index is 740. The highest BCUT2D eigenvalue weighted by atomic mass is 32.1. The predicted octanol–water partition coefficient (Wildman–Crippen LogP) is 4.14. The molecule has 1 aromatic heterocycles. The average molecular weight is 346 g/mol. The van der Waals surface area contributed by atoms with Gasteiger partial charge in [-0.15, -0.1) is 5.10 Å². The summed E-state index contributed by atoms with van der Waals surface area (Å²) < 4.78 is 11.4. The van der Waals surface area contributed by atoms with E-state index in [-0.39, 0.29) is 0 Å². The fourth-order valence-electron chi connectivity index (χ4n) is 2.12. The molecule has 1 aliphatic rings. The third-order valence-electron chi connectivity index (χ3n) is 3.92. The van der Waals surface area contributed by atoms with E-state index in [0.717, 1.165) is 22.8 Å². The molecule has 0 unspecified atom stereocenters. The van der Waals surface area contributed by atoms with Crippen molar-refractivity contribution in [3.63, 3.8) is 0 Å². The molecule has 1 heterocycles. The molecule has 0 aliphatic heterocycles. The molecule has 2 aromatic rings. The quantitative estimate of drug-likeness (QED) is 0.557. The Hall–Kier alpha value is -2.15. The van der Waals surface area contributed by atoms with Gasteiger partial charge in [-0.3, -0.25) is 0 Å². The minimum absolute atomic E-state index is 0.552. The van der Waals surface area contributed by atoms with Crippen LogP contribution in [0.25, 0.3) is 0 Å². The number of methoxy groups -OCH3 is 1. The molecule has 0 amide bonds. The molecule has 7 heteroatoms. The van der Waals surface area contributed by atoms with E-state index in [9.17, 15) is 0 Å². The van der Waals surface area contributed by atoms with Crippen LogP contribution >= 0.6 is 11.3 Å². The Morgan fingerprint density at radius 3 is 2.79 bits per heavy atom. The van der Waals surface area contributed by atoms with Crippen molar-refractivity contribution in [1.82, 2.24) is 15.1 Å². The lowest BCUT2D eigenvalue weighted by molar-refractivity contribution is 0.377. The van der Waals surface area contributed by atoms with Crippen LogP contribution < -0.4 is 9.47 Å². The van der Waals surface area contributed by atoms with Gasteiger partial charge in [0.05, 0.1) is 19.1 Å². The molecule has 1 saturated carbocycles. The highest BCUT2D eigenvalue weighted by Gasteiger charge is 2.28. The second-order valence-corrected chi connectivity index (χ2v) is 6.86. The second kappa shape index (κ2) is 7.17. The fraction of sp³-hybridized carbons (Fsp3) is 0.471. The highest BCUT2D eigenvalue weighted by molar-refractivity contribution is 7.13. The molecule has 0 bridgehead atoms. The van der Waals surface area contributed by atoms with Crippen molar-refractivity contribution >= 4 is 23.4 Å². The molecule has 0 radical (unpaired) electrons. The lowest BCUT2D eigenvalue weighted by Gasteiger charge is -2.12. The first kappa shape index (κ1) is 16.7. The van der Waals surface area contributed by atoms with Gasteiger partial charge in [0, 0.05) is 25.6 Å². The van der Waals surface area contributed by atoms with E-state index in [1.807, 2.05) is 37.3 Å². The first-order chi connectivity index (χ1) is 11.6. The van der Waals surface area contributed by atoms with Gasteiger partial charge in [-0.05, 0) is 38.3 Å². The summed E-state index contributed by atoms with van der Waals surface area (Å²) in [4.78, 5) is 6.52. The third-order valence-corrected chi connectivity index (χ3v) is 4.88. The molecular formula is C17H22N4O2S. The third kappa shape index (κ3) is 3.84. The maximum absolute atomic E-state index is 5.90. The van der Waals surface area contributed by atoms with Gasteiger partial charge in [-0.25, -0.2) is 4.99 Å². The number of ether oxygens (including phenoxy) is 2. The van der Waals surface area contributed by atoms with Crippen LogP contribution in [0.15, 0.2) is 17.1 Å². The first-order valence-corrected chi connectivity index (χ1v) is 8.86. The monoisotopic (exact) mass is 346 g/mol. The van der Waals surface area contributed by atoms with E-state index in [0.29, 0.717) is 22.6 Å². The summed E-state index contributed by atoms with van der Waals surface area (Å²) in [5, 5.41) is 9.94. The number of hydrogen-bond acceptors (Lipinski definition) is 6. The summed E-state index contributed by atoms with van der Waals surface area (Å²) in [6.07, 6.45) is 4.22. The zero-order valence-electron chi connectivity index (χ0n) is 14.4. The standard InChI is InChI=1S/C17H22N4O2S/c1-5-21(3)10-18-13-9-14(22-4)15(8-11(13)2)23-17-20-19-16(24-17)12-6-7-12/h8-10,12H,5-7H2,1-4H3. The second-order valence-electron chi connectivity index (χ2n) is 5.89. The van der Waals surface area contributed by atoms with Crippen LogP contribution in [-0.2, 0) is 0 Å². The molecule has 0 atom stereocenters. The fourth-order valence-corrected chi connectivity index (χ4v) is 3.00. The summed E-state index contributed by atoms with van der Waals surface area (Å²) in [6.45, 7) is 4.98. The smallest absolute Gasteiger partial charge is 0.299 e. The Balaban J connectivity index is 1.81. The van der Waals surface area contributed by atoms with Gasteiger partial charge in [-0.2, -0.15) is 0 Å². The topological polar surface area (TPSA) is 59.8 Å². The molecule has 0 spiro atoms. The molecule has 0 saturated heterocycles. The Morgan fingerprint density at radius 2 is 2.12 bits per heavy atom. The van der Waals surface area contributed by atoms with Gasteiger partial charge in [0.25, 0.3) is 5.19 Å². The molecule has 6 nitrogen and oxygen atoms in total. The van der Waals surface area contributed by atoms with Crippen LogP contribution in [0.1, 0.15) is 36.3 Å². The summed E-state index contributed by atoms with van der Waals surface area (Å²) in [5.74, 6) is 1.85. The van der Waals surface area contributed by atoms with Crippen molar-refractivity contribution in [3.05, 3.63) is 22.7 Å². The van der Waals surface area contributed by atoms with E-state index >= 15 is 0 Å². The van der Waals surface area contributed by atoms with Crippen LogP contribution in [0.2, 0.25) is 0 Å². The van der Waals surface area contributed by atoms with Crippen molar-refractivity contribution in [2.75, 3.05) is 20.7 Å². The van der Waals surface area contributed by atoms with E-state index in [2.05, 4.69) is 22.1 Å². The van der Waals surface area contributed by atoms with Crippen molar-refractivity contribution in [1.29, 1.82) is 0 Å². The Labute approximate surface area is 146 Å². The van der Waals surface area contributed by atoms with E-state index in [1.54, 1.807) is 7.11 Å². The summed E-state index contributed by atoms with van der Waals surface area (Å²) >= 11 is 1.51. The van der Waals surface area contributed by atoms with Crippen LogP contribution in [0.3, 0.4) is 0 Å². The molecule has 3 rings (SSSR count). The Morgan fingerprint density at radius 1 is 1.33 bits per heavy atom. The van der Waals surface area contributed by atoms with Crippen molar-refractivity contribution < 1.29 is 9.47 Å². The Kier molecular flexibility index (Phi) is 4.99. The number of aliphatic imine (C=N–C) groups is 1. The highest BCUT2D eigenvalue weighted by Crippen LogP contribution is 2.44.